The monoisotopic (exact) mass is 545 g/mol. The van der Waals surface area contributed by atoms with Crippen molar-refractivity contribution >= 4 is 33.2 Å². The van der Waals surface area contributed by atoms with E-state index in [0.29, 0.717) is 5.92 Å². The molecule has 41 heavy (non-hydrogen) atoms. The largest absolute Gasteiger partial charge is 0.493 e. The number of likely N-dealkylation sites (tertiary alicyclic amines) is 1. The first-order valence-electron chi connectivity index (χ1n) is 14.9. The van der Waals surface area contributed by atoms with Crippen LogP contribution < -0.4 is 15.4 Å². The molecule has 0 bridgehead atoms. The molecule has 1 aliphatic rings. The first kappa shape index (κ1) is 27.0. The predicted octanol–water partition coefficient (Wildman–Crippen LogP) is 7.03. The molecular formula is C35H39N5O. The van der Waals surface area contributed by atoms with Gasteiger partial charge in [-0.25, -0.2) is 9.97 Å². The average molecular weight is 546 g/mol. The van der Waals surface area contributed by atoms with E-state index in [0.717, 1.165) is 74.6 Å². The minimum absolute atomic E-state index is 0.586. The number of anilines is 2. The summed E-state index contributed by atoms with van der Waals surface area (Å²) in [7, 11) is 0. The molecule has 1 fully saturated rings. The smallest absolute Gasteiger partial charge is 0.137 e. The van der Waals surface area contributed by atoms with Crippen LogP contribution in [0.2, 0.25) is 0 Å². The Kier molecular flexibility index (Phi) is 8.88. The topological polar surface area (TPSA) is 62.3 Å². The molecule has 0 unspecified atom stereocenters. The van der Waals surface area contributed by atoms with Gasteiger partial charge in [0.1, 0.15) is 17.9 Å². The quantitative estimate of drug-likeness (QED) is 0.164. The molecule has 0 saturated carbocycles. The van der Waals surface area contributed by atoms with Crippen molar-refractivity contribution in [3.8, 4) is 5.75 Å². The van der Waals surface area contributed by atoms with Gasteiger partial charge in [-0.05, 0) is 85.3 Å². The summed E-state index contributed by atoms with van der Waals surface area (Å²) in [6, 6.07) is 31.9. The van der Waals surface area contributed by atoms with E-state index in [-0.39, 0.29) is 0 Å². The number of piperidine rings is 1. The van der Waals surface area contributed by atoms with Gasteiger partial charge in [0, 0.05) is 36.8 Å². The lowest BCUT2D eigenvalue weighted by Crippen LogP contribution is -2.38. The molecule has 1 aliphatic heterocycles. The van der Waals surface area contributed by atoms with Crippen molar-refractivity contribution in [1.29, 1.82) is 0 Å². The van der Waals surface area contributed by atoms with Gasteiger partial charge >= 0.3 is 0 Å². The summed E-state index contributed by atoms with van der Waals surface area (Å²) in [6.45, 7) is 5.90. The second-order valence-electron chi connectivity index (χ2n) is 11.0. The van der Waals surface area contributed by atoms with Crippen LogP contribution in [0.5, 0.6) is 5.75 Å². The molecule has 6 heteroatoms. The van der Waals surface area contributed by atoms with E-state index in [1.54, 1.807) is 6.33 Å². The van der Waals surface area contributed by atoms with Gasteiger partial charge in [0.2, 0.25) is 0 Å². The van der Waals surface area contributed by atoms with Gasteiger partial charge in [-0.15, -0.1) is 0 Å². The standard InChI is InChI=1S/C35H39N5O/c1-2-7-27(8-3-1)9-6-18-37-35-33-15-14-32(24-34(33)38-26-39-35)41-25-28-16-20-40(21-17-28)22-19-36-31-13-12-29-10-4-5-11-30(29)23-31/h1-5,7-8,10-15,23-24,26,28,36H,6,9,16-22,25H2,(H,37,38,39). The molecule has 6 nitrogen and oxygen atoms in total. The number of hydrogen-bond acceptors (Lipinski definition) is 6. The van der Waals surface area contributed by atoms with Crippen molar-refractivity contribution in [1.82, 2.24) is 14.9 Å². The van der Waals surface area contributed by atoms with Crippen LogP contribution in [-0.2, 0) is 6.42 Å². The second-order valence-corrected chi connectivity index (χ2v) is 11.0. The van der Waals surface area contributed by atoms with E-state index in [2.05, 4.69) is 110 Å². The van der Waals surface area contributed by atoms with Crippen molar-refractivity contribution in [3.05, 3.63) is 103 Å². The first-order valence-corrected chi connectivity index (χ1v) is 14.9. The molecule has 2 N–H and O–H groups in total. The zero-order chi connectivity index (χ0) is 27.7. The molecule has 1 aromatic heterocycles. The zero-order valence-corrected chi connectivity index (χ0v) is 23.6. The Bertz CT molecular complexity index is 1550. The van der Waals surface area contributed by atoms with Gasteiger partial charge in [0.05, 0.1) is 12.1 Å². The van der Waals surface area contributed by atoms with Crippen molar-refractivity contribution in [2.75, 3.05) is 50.0 Å². The summed E-state index contributed by atoms with van der Waals surface area (Å²) in [5.74, 6) is 2.35. The number of aromatic nitrogens is 2. The molecule has 0 aliphatic carbocycles. The normalized spacial score (nSPS) is 14.3. The number of benzene rings is 4. The predicted molar refractivity (Wildman–Crippen MR) is 170 cm³/mol. The van der Waals surface area contributed by atoms with Gasteiger partial charge in [-0.3, -0.25) is 0 Å². The molecule has 2 heterocycles. The number of ether oxygens (including phenoxy) is 1. The third-order valence-electron chi connectivity index (χ3n) is 8.08. The maximum atomic E-state index is 6.24. The van der Waals surface area contributed by atoms with Crippen LogP contribution in [-0.4, -0.2) is 54.2 Å². The van der Waals surface area contributed by atoms with Gasteiger partial charge in [0.15, 0.2) is 0 Å². The number of nitrogens with one attached hydrogen (secondary N) is 2. The van der Waals surface area contributed by atoms with Crippen LogP contribution in [0.3, 0.4) is 0 Å². The zero-order valence-electron chi connectivity index (χ0n) is 23.6. The molecule has 210 valence electrons. The molecule has 1 saturated heterocycles. The van der Waals surface area contributed by atoms with Crippen LogP contribution in [0.1, 0.15) is 24.8 Å². The van der Waals surface area contributed by atoms with Crippen molar-refractivity contribution < 1.29 is 4.74 Å². The lowest BCUT2D eigenvalue weighted by Gasteiger charge is -2.31. The Balaban J connectivity index is 0.921. The second kappa shape index (κ2) is 13.5. The van der Waals surface area contributed by atoms with E-state index in [1.165, 1.54) is 34.9 Å². The summed E-state index contributed by atoms with van der Waals surface area (Å²) in [6.07, 6.45) is 6.08. The van der Waals surface area contributed by atoms with Crippen LogP contribution in [0.15, 0.2) is 97.3 Å². The lowest BCUT2D eigenvalue weighted by molar-refractivity contribution is 0.145. The van der Waals surface area contributed by atoms with Crippen LogP contribution in [0, 0.1) is 5.92 Å². The van der Waals surface area contributed by atoms with Gasteiger partial charge in [0.25, 0.3) is 0 Å². The highest BCUT2D eigenvalue weighted by Crippen LogP contribution is 2.26. The fourth-order valence-corrected chi connectivity index (χ4v) is 5.66. The Morgan fingerprint density at radius 3 is 2.49 bits per heavy atom. The number of hydrogen-bond donors (Lipinski definition) is 2. The minimum Gasteiger partial charge on any atom is -0.493 e. The molecule has 4 aromatic carbocycles. The first-order chi connectivity index (χ1) is 20.3. The van der Waals surface area contributed by atoms with Crippen LogP contribution in [0.4, 0.5) is 11.5 Å². The average Bonchev–Trinajstić information content (AvgIpc) is 3.03. The maximum Gasteiger partial charge on any atom is 0.137 e. The van der Waals surface area contributed by atoms with E-state index < -0.39 is 0 Å². The molecular weight excluding hydrogens is 506 g/mol. The van der Waals surface area contributed by atoms with Gasteiger partial charge in [-0.2, -0.15) is 0 Å². The maximum absolute atomic E-state index is 6.24. The molecule has 0 spiro atoms. The molecule has 0 radical (unpaired) electrons. The number of nitrogens with zero attached hydrogens (tertiary/aromatic N) is 3. The molecule has 0 amide bonds. The number of fused-ring (bicyclic) bond motifs is 2. The van der Waals surface area contributed by atoms with E-state index in [1.807, 2.05) is 6.07 Å². The van der Waals surface area contributed by atoms with Crippen LogP contribution in [0.25, 0.3) is 21.7 Å². The summed E-state index contributed by atoms with van der Waals surface area (Å²) < 4.78 is 6.24. The van der Waals surface area contributed by atoms with Crippen molar-refractivity contribution in [2.45, 2.75) is 25.7 Å². The van der Waals surface area contributed by atoms with Gasteiger partial charge in [-0.1, -0.05) is 60.7 Å². The molecule has 0 atom stereocenters. The highest BCUT2D eigenvalue weighted by atomic mass is 16.5. The minimum atomic E-state index is 0.586. The fourth-order valence-electron chi connectivity index (χ4n) is 5.66. The summed E-state index contributed by atoms with van der Waals surface area (Å²) in [5, 5.41) is 10.7. The van der Waals surface area contributed by atoms with E-state index >= 15 is 0 Å². The third-order valence-corrected chi connectivity index (χ3v) is 8.08. The van der Waals surface area contributed by atoms with E-state index in [4.69, 9.17) is 4.74 Å². The number of aryl methyl sites for hydroxylation is 1. The van der Waals surface area contributed by atoms with Crippen LogP contribution >= 0.6 is 0 Å². The fraction of sp³-hybridized carbons (Fsp3) is 0.314. The number of rotatable bonds is 12. The highest BCUT2D eigenvalue weighted by Gasteiger charge is 2.19. The van der Waals surface area contributed by atoms with Gasteiger partial charge < -0.3 is 20.3 Å². The highest BCUT2D eigenvalue weighted by molar-refractivity contribution is 5.89. The Morgan fingerprint density at radius 2 is 1.61 bits per heavy atom. The molecule has 6 rings (SSSR count). The Labute approximate surface area is 242 Å². The Morgan fingerprint density at radius 1 is 0.780 bits per heavy atom. The Hall–Kier alpha value is -4.16. The molecule has 5 aromatic rings. The van der Waals surface area contributed by atoms with Crippen molar-refractivity contribution in [3.63, 3.8) is 0 Å². The third kappa shape index (κ3) is 7.33. The lowest BCUT2D eigenvalue weighted by atomic mass is 9.98. The van der Waals surface area contributed by atoms with E-state index in [9.17, 15) is 0 Å². The SMILES string of the molecule is c1ccc(CCCNc2ncnc3cc(OCC4CCN(CCNc5ccc6ccccc6c5)CC4)ccc23)cc1. The summed E-state index contributed by atoms with van der Waals surface area (Å²) in [4.78, 5) is 11.6. The van der Waals surface area contributed by atoms with Crippen molar-refractivity contribution in [2.24, 2.45) is 5.92 Å². The summed E-state index contributed by atoms with van der Waals surface area (Å²) in [5.41, 5.74) is 3.47. The summed E-state index contributed by atoms with van der Waals surface area (Å²) >= 11 is 0.